The Balaban J connectivity index is 2.55. The van der Waals surface area contributed by atoms with E-state index in [-0.39, 0.29) is 0 Å². The second-order valence-corrected chi connectivity index (χ2v) is 4.74. The third-order valence-electron chi connectivity index (χ3n) is 2.86. The lowest BCUT2D eigenvalue weighted by atomic mass is 10.0. The molecule has 0 aromatic heterocycles. The van der Waals surface area contributed by atoms with Gasteiger partial charge in [0, 0.05) is 10.2 Å². The van der Waals surface area contributed by atoms with E-state index < -0.39 is 0 Å². The molecule has 78 valence electrons. The van der Waals surface area contributed by atoms with Gasteiger partial charge in [0.15, 0.2) is 0 Å². The van der Waals surface area contributed by atoms with E-state index in [1.165, 1.54) is 21.5 Å². The molecule has 0 bridgehead atoms. The quantitative estimate of drug-likeness (QED) is 0.478. The van der Waals surface area contributed by atoms with Crippen LogP contribution in [0.3, 0.4) is 0 Å². The van der Waals surface area contributed by atoms with Crippen molar-refractivity contribution in [3.63, 3.8) is 0 Å². The first kappa shape index (κ1) is 9.67. The van der Waals surface area contributed by atoms with Crippen LogP contribution < -0.4 is 5.73 Å². The molecular formula is C14H10BrN. The van der Waals surface area contributed by atoms with Gasteiger partial charge in [-0.15, -0.1) is 0 Å². The van der Waals surface area contributed by atoms with E-state index >= 15 is 0 Å². The number of nitrogens with two attached hydrogens (primary N) is 1. The first-order chi connectivity index (χ1) is 7.75. The third-order valence-corrected chi connectivity index (χ3v) is 3.55. The first-order valence-corrected chi connectivity index (χ1v) is 5.91. The number of hydrogen-bond donors (Lipinski definition) is 1. The monoisotopic (exact) mass is 271 g/mol. The van der Waals surface area contributed by atoms with E-state index in [9.17, 15) is 0 Å². The summed E-state index contributed by atoms with van der Waals surface area (Å²) in [5, 5.41) is 4.94. The molecule has 3 aromatic rings. The summed E-state index contributed by atoms with van der Waals surface area (Å²) in [4.78, 5) is 0. The molecule has 0 heterocycles. The Morgan fingerprint density at radius 2 is 1.56 bits per heavy atom. The molecule has 3 aromatic carbocycles. The summed E-state index contributed by atoms with van der Waals surface area (Å²) >= 11 is 3.48. The van der Waals surface area contributed by atoms with Gasteiger partial charge in [-0.2, -0.15) is 0 Å². The number of fused-ring (bicyclic) bond motifs is 3. The molecule has 0 spiro atoms. The van der Waals surface area contributed by atoms with E-state index in [1.54, 1.807) is 0 Å². The Labute approximate surface area is 102 Å². The standard InChI is InChI=1S/C14H10BrN/c15-13-8-12-10(7-14(13)16)6-5-9-3-1-2-4-11(9)12/h1-8H,16H2. The van der Waals surface area contributed by atoms with Gasteiger partial charge < -0.3 is 5.73 Å². The van der Waals surface area contributed by atoms with Crippen molar-refractivity contribution in [1.82, 2.24) is 0 Å². The first-order valence-electron chi connectivity index (χ1n) is 5.12. The highest BCUT2D eigenvalue weighted by molar-refractivity contribution is 9.10. The second-order valence-electron chi connectivity index (χ2n) is 3.88. The Bertz CT molecular complexity index is 689. The summed E-state index contributed by atoms with van der Waals surface area (Å²) in [5.41, 5.74) is 6.66. The summed E-state index contributed by atoms with van der Waals surface area (Å²) < 4.78 is 0.955. The summed E-state index contributed by atoms with van der Waals surface area (Å²) in [6.45, 7) is 0. The van der Waals surface area contributed by atoms with Crippen LogP contribution in [-0.4, -0.2) is 0 Å². The topological polar surface area (TPSA) is 26.0 Å². The number of hydrogen-bond acceptors (Lipinski definition) is 1. The zero-order valence-corrected chi connectivity index (χ0v) is 10.2. The van der Waals surface area contributed by atoms with Gasteiger partial charge in [-0.25, -0.2) is 0 Å². The highest BCUT2D eigenvalue weighted by Crippen LogP contribution is 2.31. The lowest BCUT2D eigenvalue weighted by molar-refractivity contribution is 1.69. The van der Waals surface area contributed by atoms with Crippen molar-refractivity contribution >= 4 is 43.2 Å². The van der Waals surface area contributed by atoms with Crippen LogP contribution in [0.15, 0.2) is 53.0 Å². The molecule has 16 heavy (non-hydrogen) atoms. The Hall–Kier alpha value is -1.54. The van der Waals surface area contributed by atoms with Crippen LogP contribution in [0, 0.1) is 0 Å². The summed E-state index contributed by atoms with van der Waals surface area (Å²) in [6, 6.07) is 16.7. The summed E-state index contributed by atoms with van der Waals surface area (Å²) in [7, 11) is 0. The van der Waals surface area contributed by atoms with Crippen molar-refractivity contribution in [2.24, 2.45) is 0 Å². The SMILES string of the molecule is Nc1cc2ccc3ccccc3c2cc1Br. The van der Waals surface area contributed by atoms with Gasteiger partial charge in [0.25, 0.3) is 0 Å². The number of rotatable bonds is 0. The zero-order chi connectivity index (χ0) is 11.1. The Morgan fingerprint density at radius 1 is 0.812 bits per heavy atom. The molecule has 0 aliphatic carbocycles. The van der Waals surface area contributed by atoms with Crippen LogP contribution in [0.1, 0.15) is 0 Å². The van der Waals surface area contributed by atoms with Crippen LogP contribution in [0.2, 0.25) is 0 Å². The average Bonchev–Trinajstić information content (AvgIpc) is 2.31. The van der Waals surface area contributed by atoms with Crippen LogP contribution in [-0.2, 0) is 0 Å². The maximum absolute atomic E-state index is 5.88. The minimum Gasteiger partial charge on any atom is -0.398 e. The molecule has 0 saturated carbocycles. The highest BCUT2D eigenvalue weighted by atomic mass is 79.9. The molecule has 0 fully saturated rings. The van der Waals surface area contributed by atoms with Gasteiger partial charge in [0.05, 0.1) is 0 Å². The molecule has 0 radical (unpaired) electrons. The molecule has 1 nitrogen and oxygen atoms in total. The molecule has 0 atom stereocenters. The molecule has 0 saturated heterocycles. The van der Waals surface area contributed by atoms with Gasteiger partial charge in [-0.1, -0.05) is 36.4 Å². The summed E-state index contributed by atoms with van der Waals surface area (Å²) in [6.07, 6.45) is 0. The molecule has 2 N–H and O–H groups in total. The Morgan fingerprint density at radius 3 is 2.44 bits per heavy atom. The second kappa shape index (κ2) is 3.49. The lowest BCUT2D eigenvalue weighted by Crippen LogP contribution is -1.87. The van der Waals surface area contributed by atoms with Gasteiger partial charge >= 0.3 is 0 Å². The predicted octanol–water partition coefficient (Wildman–Crippen LogP) is 4.34. The van der Waals surface area contributed by atoms with E-state index in [1.807, 2.05) is 6.07 Å². The number of halogens is 1. The van der Waals surface area contributed by atoms with Crippen LogP contribution >= 0.6 is 15.9 Å². The normalized spacial score (nSPS) is 11.1. The van der Waals surface area contributed by atoms with E-state index in [4.69, 9.17) is 5.73 Å². The van der Waals surface area contributed by atoms with Gasteiger partial charge in [0.1, 0.15) is 0 Å². The van der Waals surface area contributed by atoms with Crippen molar-refractivity contribution in [1.29, 1.82) is 0 Å². The minimum atomic E-state index is 0.780. The van der Waals surface area contributed by atoms with Gasteiger partial charge in [-0.05, 0) is 49.6 Å². The number of anilines is 1. The van der Waals surface area contributed by atoms with E-state index in [2.05, 4.69) is 58.4 Å². The molecular weight excluding hydrogens is 262 g/mol. The van der Waals surface area contributed by atoms with Crippen molar-refractivity contribution in [2.75, 3.05) is 5.73 Å². The van der Waals surface area contributed by atoms with Crippen molar-refractivity contribution in [3.8, 4) is 0 Å². The molecule has 0 amide bonds. The van der Waals surface area contributed by atoms with Crippen molar-refractivity contribution in [2.45, 2.75) is 0 Å². The Kier molecular flexibility index (Phi) is 2.11. The largest absolute Gasteiger partial charge is 0.398 e. The molecule has 0 unspecified atom stereocenters. The molecule has 0 aliphatic heterocycles. The highest BCUT2D eigenvalue weighted by Gasteiger charge is 2.03. The van der Waals surface area contributed by atoms with Crippen LogP contribution in [0.4, 0.5) is 5.69 Å². The fourth-order valence-electron chi connectivity index (χ4n) is 2.05. The van der Waals surface area contributed by atoms with Crippen LogP contribution in [0.5, 0.6) is 0 Å². The van der Waals surface area contributed by atoms with Crippen molar-refractivity contribution < 1.29 is 0 Å². The molecule has 0 aliphatic rings. The average molecular weight is 272 g/mol. The number of benzene rings is 3. The summed E-state index contributed by atoms with van der Waals surface area (Å²) in [5.74, 6) is 0. The minimum absolute atomic E-state index is 0.780. The zero-order valence-electron chi connectivity index (χ0n) is 8.57. The fourth-order valence-corrected chi connectivity index (χ4v) is 2.39. The third kappa shape index (κ3) is 1.38. The van der Waals surface area contributed by atoms with Gasteiger partial charge in [0.2, 0.25) is 0 Å². The van der Waals surface area contributed by atoms with Crippen molar-refractivity contribution in [3.05, 3.63) is 53.0 Å². The maximum Gasteiger partial charge on any atom is 0.0464 e. The molecule has 3 rings (SSSR count). The van der Waals surface area contributed by atoms with E-state index in [0.29, 0.717) is 0 Å². The smallest absolute Gasteiger partial charge is 0.0464 e. The maximum atomic E-state index is 5.88. The number of nitrogen functional groups attached to an aromatic ring is 1. The van der Waals surface area contributed by atoms with E-state index in [0.717, 1.165) is 10.2 Å². The fraction of sp³-hybridized carbons (Fsp3) is 0. The lowest BCUT2D eigenvalue weighted by Gasteiger charge is -2.06. The van der Waals surface area contributed by atoms with Crippen LogP contribution in [0.25, 0.3) is 21.5 Å². The molecule has 2 heteroatoms. The van der Waals surface area contributed by atoms with Gasteiger partial charge in [-0.3, -0.25) is 0 Å². The predicted molar refractivity (Wildman–Crippen MR) is 73.6 cm³/mol.